The van der Waals surface area contributed by atoms with Gasteiger partial charge in [-0.05, 0) is 66.3 Å². The van der Waals surface area contributed by atoms with Crippen molar-refractivity contribution in [2.75, 3.05) is 20.3 Å². The summed E-state index contributed by atoms with van der Waals surface area (Å²) >= 11 is 2.02. The van der Waals surface area contributed by atoms with Crippen LogP contribution in [0.3, 0.4) is 0 Å². The molecule has 0 spiro atoms. The number of nitrogens with one attached hydrogen (secondary N) is 3. The van der Waals surface area contributed by atoms with E-state index in [2.05, 4.69) is 21.2 Å². The van der Waals surface area contributed by atoms with E-state index < -0.39 is 23.9 Å². The number of rotatable bonds is 9. The van der Waals surface area contributed by atoms with Gasteiger partial charge in [0.05, 0.1) is 31.5 Å². The average molecular weight is 582 g/mol. The summed E-state index contributed by atoms with van der Waals surface area (Å²) in [6.07, 6.45) is 1.37. The summed E-state index contributed by atoms with van der Waals surface area (Å²) in [5.74, 6) is 0.0762. The van der Waals surface area contributed by atoms with Gasteiger partial charge in [0.25, 0.3) is 5.91 Å². The van der Waals surface area contributed by atoms with Gasteiger partial charge in [0, 0.05) is 5.70 Å². The summed E-state index contributed by atoms with van der Waals surface area (Å²) in [7, 11) is 1.44. The van der Waals surface area contributed by atoms with Gasteiger partial charge < -0.3 is 29.3 Å². The van der Waals surface area contributed by atoms with E-state index in [0.29, 0.717) is 32.3 Å². The second-order valence-electron chi connectivity index (χ2n) is 6.92. The number of nitrogens with zero attached hydrogens (tertiary/aromatic N) is 1. The molecule has 2 aromatic rings. The van der Waals surface area contributed by atoms with Crippen molar-refractivity contribution >= 4 is 46.7 Å². The number of carbonyl (C=O) groups excluding carboxylic acids is 3. The normalized spacial score (nSPS) is 15.5. The molecule has 2 heterocycles. The Morgan fingerprint density at radius 3 is 2.74 bits per heavy atom. The summed E-state index contributed by atoms with van der Waals surface area (Å²) in [6, 6.07) is 7.15. The first kappa shape index (κ1) is 25.1. The number of methoxy groups -OCH3 is 1. The number of hydrogen-bond donors (Lipinski definition) is 3. The highest BCUT2D eigenvalue weighted by atomic mass is 127. The molecule has 0 bridgehead atoms. The number of hydrogen-bond acceptors (Lipinski definition) is 8. The van der Waals surface area contributed by atoms with Crippen LogP contribution in [0.1, 0.15) is 31.2 Å². The number of hydrazone groups is 1. The maximum Gasteiger partial charge on any atom is 0.338 e. The fourth-order valence-electron chi connectivity index (χ4n) is 3.15. The molecule has 12 heteroatoms. The summed E-state index contributed by atoms with van der Waals surface area (Å²) < 4.78 is 22.1. The first-order chi connectivity index (χ1) is 16.3. The van der Waals surface area contributed by atoms with Crippen LogP contribution < -0.4 is 25.5 Å². The maximum atomic E-state index is 12.5. The Morgan fingerprint density at radius 2 is 2.06 bits per heavy atom. The molecule has 0 radical (unpaired) electrons. The van der Waals surface area contributed by atoms with Crippen LogP contribution in [0, 0.1) is 3.77 Å². The molecule has 1 aliphatic rings. The largest absolute Gasteiger partial charge is 0.493 e. The first-order valence-electron chi connectivity index (χ1n) is 10.2. The van der Waals surface area contributed by atoms with E-state index in [9.17, 15) is 14.4 Å². The van der Waals surface area contributed by atoms with Crippen LogP contribution in [0.2, 0.25) is 0 Å². The van der Waals surface area contributed by atoms with Crippen molar-refractivity contribution in [3.05, 3.63) is 56.7 Å². The SMILES string of the molecule is CCOC(=O)C1=C(C)NC(=O)N[C@H]1c1ccc(OCC(=O)NN=Cc2ccc(I)o2)c(OC)c1. The van der Waals surface area contributed by atoms with Crippen molar-refractivity contribution < 1.29 is 33.0 Å². The molecule has 0 fully saturated rings. The minimum absolute atomic E-state index is 0.194. The van der Waals surface area contributed by atoms with Crippen LogP contribution in [-0.2, 0) is 14.3 Å². The first-order valence-corrected chi connectivity index (χ1v) is 11.2. The standard InChI is InChI=1S/C22H23IN4O7/c1-4-32-21(29)19-12(2)25-22(30)26-20(19)13-5-7-15(16(9-13)31-3)33-11-18(28)27-24-10-14-6-8-17(23)34-14/h5-10,20H,4,11H2,1-3H3,(H,27,28)(H2,25,26,30)/t20-/m0/s1. The highest BCUT2D eigenvalue weighted by Gasteiger charge is 2.32. The summed E-state index contributed by atoms with van der Waals surface area (Å²) in [6.45, 7) is 3.20. The van der Waals surface area contributed by atoms with Gasteiger partial charge in [0.2, 0.25) is 0 Å². The molecule has 1 aromatic carbocycles. The molecule has 180 valence electrons. The van der Waals surface area contributed by atoms with Gasteiger partial charge in [0.15, 0.2) is 21.9 Å². The number of ether oxygens (including phenoxy) is 3. The molecule has 34 heavy (non-hydrogen) atoms. The fourth-order valence-corrected chi connectivity index (χ4v) is 3.58. The predicted molar refractivity (Wildman–Crippen MR) is 129 cm³/mol. The van der Waals surface area contributed by atoms with Crippen molar-refractivity contribution in [2.45, 2.75) is 19.9 Å². The highest BCUT2D eigenvalue weighted by Crippen LogP contribution is 2.34. The van der Waals surface area contributed by atoms with Crippen LogP contribution in [-0.4, -0.2) is 44.4 Å². The molecule has 0 aliphatic carbocycles. The molecule has 0 unspecified atom stereocenters. The quantitative estimate of drug-likeness (QED) is 0.179. The van der Waals surface area contributed by atoms with E-state index in [-0.39, 0.29) is 18.8 Å². The number of furan rings is 1. The lowest BCUT2D eigenvalue weighted by Gasteiger charge is -2.28. The summed E-state index contributed by atoms with van der Waals surface area (Å²) in [4.78, 5) is 36.6. The minimum atomic E-state index is -0.752. The Balaban J connectivity index is 1.70. The van der Waals surface area contributed by atoms with Crippen LogP contribution in [0.4, 0.5) is 4.79 Å². The van der Waals surface area contributed by atoms with E-state index in [1.165, 1.54) is 13.3 Å². The second-order valence-corrected chi connectivity index (χ2v) is 7.99. The molecule has 0 saturated heterocycles. The summed E-state index contributed by atoms with van der Waals surface area (Å²) in [5.41, 5.74) is 3.59. The molecule has 11 nitrogen and oxygen atoms in total. The van der Waals surface area contributed by atoms with Crippen LogP contribution in [0.15, 0.2) is 51.1 Å². The van der Waals surface area contributed by atoms with Gasteiger partial charge in [-0.2, -0.15) is 5.10 Å². The van der Waals surface area contributed by atoms with Crippen LogP contribution >= 0.6 is 22.6 Å². The molecule has 1 atom stereocenters. The van der Waals surface area contributed by atoms with Gasteiger partial charge in [-0.3, -0.25) is 4.79 Å². The topological polar surface area (TPSA) is 140 Å². The number of urea groups is 1. The van der Waals surface area contributed by atoms with Gasteiger partial charge in [-0.1, -0.05) is 6.07 Å². The zero-order valence-corrected chi connectivity index (χ0v) is 20.8. The zero-order chi connectivity index (χ0) is 24.7. The Morgan fingerprint density at radius 1 is 1.26 bits per heavy atom. The van der Waals surface area contributed by atoms with Gasteiger partial charge in [0.1, 0.15) is 5.76 Å². The molecular weight excluding hydrogens is 559 g/mol. The third kappa shape index (κ3) is 6.27. The number of amides is 3. The lowest BCUT2D eigenvalue weighted by molar-refractivity contribution is -0.139. The van der Waals surface area contributed by atoms with E-state index >= 15 is 0 Å². The average Bonchev–Trinajstić information content (AvgIpc) is 3.22. The van der Waals surface area contributed by atoms with Crippen molar-refractivity contribution in [1.29, 1.82) is 0 Å². The fraction of sp³-hybridized carbons (Fsp3) is 0.273. The molecule has 3 amide bonds. The smallest absolute Gasteiger partial charge is 0.338 e. The maximum absolute atomic E-state index is 12.5. The second kappa shape index (κ2) is 11.5. The molecular formula is C22H23IN4O7. The van der Waals surface area contributed by atoms with Gasteiger partial charge in [-0.25, -0.2) is 15.0 Å². The van der Waals surface area contributed by atoms with Crippen molar-refractivity contribution in [3.8, 4) is 11.5 Å². The Labute approximate surface area is 209 Å². The monoisotopic (exact) mass is 582 g/mol. The van der Waals surface area contributed by atoms with E-state index in [0.717, 1.165) is 0 Å². The number of allylic oxidation sites excluding steroid dienone is 1. The lowest BCUT2D eigenvalue weighted by Crippen LogP contribution is -2.45. The Bertz CT molecular complexity index is 1140. The number of carbonyl (C=O) groups is 3. The van der Waals surface area contributed by atoms with E-state index in [1.54, 1.807) is 44.2 Å². The van der Waals surface area contributed by atoms with E-state index in [4.69, 9.17) is 18.6 Å². The predicted octanol–water partition coefficient (Wildman–Crippen LogP) is 2.61. The lowest BCUT2D eigenvalue weighted by atomic mass is 9.95. The Hall–Kier alpha value is -3.55. The molecule has 3 N–H and O–H groups in total. The van der Waals surface area contributed by atoms with Crippen LogP contribution in [0.25, 0.3) is 0 Å². The zero-order valence-electron chi connectivity index (χ0n) is 18.6. The molecule has 0 saturated carbocycles. The van der Waals surface area contributed by atoms with Crippen molar-refractivity contribution in [3.63, 3.8) is 0 Å². The molecule has 1 aromatic heterocycles. The third-order valence-electron chi connectivity index (χ3n) is 4.62. The van der Waals surface area contributed by atoms with E-state index in [1.807, 2.05) is 22.6 Å². The van der Waals surface area contributed by atoms with Crippen molar-refractivity contribution in [2.24, 2.45) is 5.10 Å². The Kier molecular flexibility index (Phi) is 8.51. The number of halogens is 1. The minimum Gasteiger partial charge on any atom is -0.493 e. The van der Waals surface area contributed by atoms with Gasteiger partial charge >= 0.3 is 12.0 Å². The van der Waals surface area contributed by atoms with Gasteiger partial charge in [-0.15, -0.1) is 0 Å². The third-order valence-corrected chi connectivity index (χ3v) is 5.20. The molecule has 1 aliphatic heterocycles. The highest BCUT2D eigenvalue weighted by molar-refractivity contribution is 14.1. The molecule has 3 rings (SSSR count). The number of esters is 1. The van der Waals surface area contributed by atoms with Crippen molar-refractivity contribution in [1.82, 2.24) is 16.1 Å². The number of benzene rings is 1. The van der Waals surface area contributed by atoms with Crippen LogP contribution in [0.5, 0.6) is 11.5 Å². The summed E-state index contributed by atoms with van der Waals surface area (Å²) in [5, 5.41) is 9.11.